The molecule has 0 aliphatic heterocycles. The van der Waals surface area contributed by atoms with E-state index in [0.29, 0.717) is 5.75 Å². The van der Waals surface area contributed by atoms with Gasteiger partial charge in [-0.1, -0.05) is 0 Å². The van der Waals surface area contributed by atoms with Crippen LogP contribution in [0.15, 0.2) is 0 Å². The molecule has 0 heterocycles. The molecule has 0 fully saturated rings. The Morgan fingerprint density at radius 3 is 2.14 bits per heavy atom. The van der Waals surface area contributed by atoms with Gasteiger partial charge in [-0.25, -0.2) is 0 Å². The van der Waals surface area contributed by atoms with E-state index in [-0.39, 0.29) is 55.3 Å². The summed E-state index contributed by atoms with van der Waals surface area (Å²) in [4.78, 5) is 9.55. The SMILES string of the molecule is O=C(O)CCS.[BaH2]. The Morgan fingerprint density at radius 1 is 1.71 bits per heavy atom. The number of carboxylic acids is 1. The molecule has 7 heavy (non-hydrogen) atoms. The van der Waals surface area contributed by atoms with Gasteiger partial charge in [0.15, 0.2) is 0 Å². The van der Waals surface area contributed by atoms with Crippen LogP contribution >= 0.6 is 12.6 Å². The Balaban J connectivity index is 0. The number of carboxylic acid groups (broad SMARTS) is 1. The van der Waals surface area contributed by atoms with Crippen LogP contribution in [-0.4, -0.2) is 65.7 Å². The van der Waals surface area contributed by atoms with Crippen LogP contribution in [0.5, 0.6) is 0 Å². The summed E-state index contributed by atoms with van der Waals surface area (Å²) >= 11 is 3.68. The van der Waals surface area contributed by atoms with Crippen LogP contribution in [0, 0.1) is 0 Å². The van der Waals surface area contributed by atoms with Crippen LogP contribution in [-0.2, 0) is 4.79 Å². The van der Waals surface area contributed by atoms with Gasteiger partial charge in [0, 0.05) is 5.75 Å². The Kier molecular flexibility index (Phi) is 11.9. The van der Waals surface area contributed by atoms with E-state index in [0.717, 1.165) is 0 Å². The van der Waals surface area contributed by atoms with Crippen molar-refractivity contribution in [3.05, 3.63) is 0 Å². The third-order valence-electron chi connectivity index (χ3n) is 0.326. The number of aliphatic carboxylic acids is 1. The van der Waals surface area contributed by atoms with E-state index in [2.05, 4.69) is 12.6 Å². The van der Waals surface area contributed by atoms with E-state index >= 15 is 0 Å². The molecule has 0 amide bonds. The van der Waals surface area contributed by atoms with Crippen molar-refractivity contribution >= 4 is 67.5 Å². The molecule has 1 N–H and O–H groups in total. The summed E-state index contributed by atoms with van der Waals surface area (Å²) < 4.78 is 0. The molecule has 0 spiro atoms. The predicted molar refractivity (Wildman–Crippen MR) is 34.6 cm³/mol. The van der Waals surface area contributed by atoms with Crippen LogP contribution < -0.4 is 0 Å². The fraction of sp³-hybridized carbons (Fsp3) is 0.667. The van der Waals surface area contributed by atoms with Crippen LogP contribution in [0.1, 0.15) is 6.42 Å². The molecule has 0 radical (unpaired) electrons. The standard InChI is InChI=1S/C3H6O2S.Ba.2H/c4-3(5)1-2-6;;;/h6H,1-2H2,(H,4,5);;;. The number of rotatable bonds is 2. The molecule has 0 aromatic rings. The fourth-order valence-electron chi connectivity index (χ4n) is 0.0956. The monoisotopic (exact) mass is 246 g/mol. The van der Waals surface area contributed by atoms with Crippen molar-refractivity contribution in [2.75, 3.05) is 5.75 Å². The third kappa shape index (κ3) is 11.1. The average Bonchev–Trinajstić information content (AvgIpc) is 1.35. The van der Waals surface area contributed by atoms with Crippen LogP contribution in [0.25, 0.3) is 0 Å². The molecule has 0 rings (SSSR count). The topological polar surface area (TPSA) is 37.3 Å². The molecule has 4 heteroatoms. The molecule has 0 aromatic heterocycles. The van der Waals surface area contributed by atoms with Crippen molar-refractivity contribution in [2.24, 2.45) is 0 Å². The van der Waals surface area contributed by atoms with Gasteiger partial charge in [0.1, 0.15) is 0 Å². The van der Waals surface area contributed by atoms with Crippen LogP contribution in [0.3, 0.4) is 0 Å². The average molecular weight is 245 g/mol. The normalized spacial score (nSPS) is 7.00. The predicted octanol–water partition coefficient (Wildman–Crippen LogP) is -0.525. The van der Waals surface area contributed by atoms with Gasteiger partial charge >= 0.3 is 54.9 Å². The molecule has 0 saturated carbocycles. The Labute approximate surface area is 88.2 Å². The van der Waals surface area contributed by atoms with Gasteiger partial charge in [-0.3, -0.25) is 4.79 Å². The minimum absolute atomic E-state index is 0. The van der Waals surface area contributed by atoms with Gasteiger partial charge in [-0.2, -0.15) is 12.6 Å². The summed E-state index contributed by atoms with van der Waals surface area (Å²) in [7, 11) is 0. The zero-order valence-electron chi connectivity index (χ0n) is 3.22. The second-order valence-corrected chi connectivity index (χ2v) is 1.31. The van der Waals surface area contributed by atoms with Crippen molar-refractivity contribution in [3.63, 3.8) is 0 Å². The van der Waals surface area contributed by atoms with E-state index in [1.165, 1.54) is 0 Å². The molecule has 0 bridgehead atoms. The molecular weight excluding hydrogens is 237 g/mol. The van der Waals surface area contributed by atoms with E-state index in [4.69, 9.17) is 5.11 Å². The third-order valence-corrected chi connectivity index (χ3v) is 0.549. The van der Waals surface area contributed by atoms with Crippen LogP contribution in [0.2, 0.25) is 0 Å². The van der Waals surface area contributed by atoms with Gasteiger partial charge < -0.3 is 5.11 Å². The summed E-state index contributed by atoms with van der Waals surface area (Å²) in [6, 6.07) is 0. The second kappa shape index (κ2) is 7.39. The molecule has 0 atom stereocenters. The molecule has 0 aliphatic carbocycles. The minimum atomic E-state index is -0.787. The zero-order chi connectivity index (χ0) is 4.99. The van der Waals surface area contributed by atoms with Crippen molar-refractivity contribution in [1.82, 2.24) is 0 Å². The summed E-state index contributed by atoms with van der Waals surface area (Å²) in [5.74, 6) is -0.361. The summed E-state index contributed by atoms with van der Waals surface area (Å²) in [5, 5.41) is 7.86. The van der Waals surface area contributed by atoms with Gasteiger partial charge in [0.25, 0.3) is 0 Å². The van der Waals surface area contributed by atoms with Crippen molar-refractivity contribution in [3.8, 4) is 0 Å². The molecule has 2 nitrogen and oxygen atoms in total. The second-order valence-electron chi connectivity index (χ2n) is 0.867. The number of hydrogen-bond donors (Lipinski definition) is 2. The Hall–Kier alpha value is 1.39. The molecule has 0 unspecified atom stereocenters. The Morgan fingerprint density at radius 2 is 2.14 bits per heavy atom. The fourth-order valence-corrected chi connectivity index (χ4v) is 0.287. The van der Waals surface area contributed by atoms with Gasteiger partial charge in [-0.05, 0) is 0 Å². The van der Waals surface area contributed by atoms with Gasteiger partial charge in [0.2, 0.25) is 0 Å². The van der Waals surface area contributed by atoms with Gasteiger partial charge in [-0.15, -0.1) is 0 Å². The molecule has 0 aliphatic rings. The van der Waals surface area contributed by atoms with Crippen molar-refractivity contribution < 1.29 is 9.90 Å². The van der Waals surface area contributed by atoms with E-state index in [9.17, 15) is 4.79 Å². The summed E-state index contributed by atoms with van der Waals surface area (Å²) in [5.41, 5.74) is 0. The first kappa shape index (κ1) is 11.2. The van der Waals surface area contributed by atoms with Gasteiger partial charge in [0.05, 0.1) is 6.42 Å². The molecule has 0 aromatic carbocycles. The maximum absolute atomic E-state index is 9.55. The summed E-state index contributed by atoms with van der Waals surface area (Å²) in [6.45, 7) is 0. The zero-order valence-corrected chi connectivity index (χ0v) is 4.11. The first-order valence-corrected chi connectivity index (χ1v) is 2.23. The van der Waals surface area contributed by atoms with E-state index in [1.807, 2.05) is 0 Å². The number of carbonyl (C=O) groups is 1. The molecular formula is C3H8BaO2S. The van der Waals surface area contributed by atoms with Crippen molar-refractivity contribution in [1.29, 1.82) is 0 Å². The van der Waals surface area contributed by atoms with Crippen molar-refractivity contribution in [2.45, 2.75) is 6.42 Å². The van der Waals surface area contributed by atoms with E-state index in [1.54, 1.807) is 0 Å². The summed E-state index contributed by atoms with van der Waals surface area (Å²) in [6.07, 6.45) is 0.156. The molecule has 0 saturated heterocycles. The van der Waals surface area contributed by atoms with Crippen LogP contribution in [0.4, 0.5) is 0 Å². The number of hydrogen-bond acceptors (Lipinski definition) is 2. The van der Waals surface area contributed by atoms with E-state index < -0.39 is 5.97 Å². The quantitative estimate of drug-likeness (QED) is 0.507. The Bertz CT molecular complexity index is 56.9. The molecule has 40 valence electrons. The maximum atomic E-state index is 9.55. The first-order chi connectivity index (χ1) is 2.77. The first-order valence-electron chi connectivity index (χ1n) is 1.60. The number of thiol groups is 1.